The molecule has 0 saturated carbocycles. The van der Waals surface area contributed by atoms with Crippen molar-refractivity contribution in [3.63, 3.8) is 0 Å². The Bertz CT molecular complexity index is 566. The Kier molecular flexibility index (Phi) is 10.3. The van der Waals surface area contributed by atoms with Crippen molar-refractivity contribution in [1.82, 2.24) is 20.3 Å². The molecule has 2 rings (SSSR count). The monoisotopic (exact) mass is 384 g/mol. The van der Waals surface area contributed by atoms with Gasteiger partial charge in [-0.05, 0) is 31.5 Å². The smallest absolute Gasteiger partial charge is 0.242 e. The highest BCUT2D eigenvalue weighted by Crippen LogP contribution is 2.05. The Balaban J connectivity index is 0.00000242. The zero-order chi connectivity index (χ0) is 15.1. The predicted octanol–water partition coefficient (Wildman–Crippen LogP) is 0.462. The van der Waals surface area contributed by atoms with Crippen molar-refractivity contribution >= 4 is 40.7 Å². The number of sulfonamides is 1. The van der Waals surface area contributed by atoms with Crippen LogP contribution >= 0.6 is 24.8 Å². The van der Waals surface area contributed by atoms with Crippen LogP contribution in [-0.4, -0.2) is 45.0 Å². The molecule has 132 valence electrons. The second-order valence-corrected chi connectivity index (χ2v) is 6.70. The summed E-state index contributed by atoms with van der Waals surface area (Å²) in [5.74, 6) is -0.155. The fourth-order valence-corrected chi connectivity index (χ4v) is 3.14. The summed E-state index contributed by atoms with van der Waals surface area (Å²) in [4.78, 5) is 15.5. The van der Waals surface area contributed by atoms with E-state index in [1.807, 2.05) is 0 Å². The Labute approximate surface area is 148 Å². The number of aromatic nitrogens is 1. The molecule has 1 aliphatic heterocycles. The number of nitrogens with one attached hydrogen (secondary N) is 3. The van der Waals surface area contributed by atoms with Crippen molar-refractivity contribution in [1.29, 1.82) is 0 Å². The standard InChI is InChI=1S/C13H20N4O3S.2ClH/c18-13(16-9-11-3-1-7-15-11)5-8-17-21(19,20)12-4-2-6-14-10-12;;/h2,4,6,10-11,15,17H,1,3,5,7-9H2,(H,16,18);2*1H. The van der Waals surface area contributed by atoms with Crippen LogP contribution in [0.5, 0.6) is 0 Å². The molecule has 1 aromatic heterocycles. The maximum absolute atomic E-state index is 11.9. The molecule has 3 N–H and O–H groups in total. The van der Waals surface area contributed by atoms with Gasteiger partial charge in [0.15, 0.2) is 0 Å². The van der Waals surface area contributed by atoms with Gasteiger partial charge in [0.25, 0.3) is 0 Å². The molecule has 1 fully saturated rings. The van der Waals surface area contributed by atoms with E-state index in [1.165, 1.54) is 18.5 Å². The third kappa shape index (κ3) is 7.45. The fraction of sp³-hybridized carbons (Fsp3) is 0.538. The molecule has 1 saturated heterocycles. The third-order valence-electron chi connectivity index (χ3n) is 3.30. The average Bonchev–Trinajstić information content (AvgIpc) is 2.99. The number of carbonyl (C=O) groups is 1. The summed E-state index contributed by atoms with van der Waals surface area (Å²) in [5, 5.41) is 6.08. The first-order valence-corrected chi connectivity index (χ1v) is 8.46. The topological polar surface area (TPSA) is 100 Å². The number of halogens is 2. The Morgan fingerprint density at radius 2 is 2.17 bits per heavy atom. The summed E-state index contributed by atoms with van der Waals surface area (Å²) >= 11 is 0. The molecule has 0 aliphatic carbocycles. The van der Waals surface area contributed by atoms with E-state index in [2.05, 4.69) is 20.3 Å². The van der Waals surface area contributed by atoms with Gasteiger partial charge in [0.05, 0.1) is 0 Å². The van der Waals surface area contributed by atoms with Gasteiger partial charge in [-0.25, -0.2) is 13.1 Å². The van der Waals surface area contributed by atoms with Gasteiger partial charge in [0, 0.05) is 37.9 Å². The van der Waals surface area contributed by atoms with Crippen LogP contribution in [0.25, 0.3) is 0 Å². The summed E-state index contributed by atoms with van der Waals surface area (Å²) in [5.41, 5.74) is 0. The average molecular weight is 385 g/mol. The molecule has 1 unspecified atom stereocenters. The molecule has 1 amide bonds. The summed E-state index contributed by atoms with van der Waals surface area (Å²) in [7, 11) is -3.59. The molecule has 2 heterocycles. The van der Waals surface area contributed by atoms with Gasteiger partial charge in [-0.1, -0.05) is 0 Å². The van der Waals surface area contributed by atoms with Gasteiger partial charge in [-0.15, -0.1) is 24.8 Å². The molecule has 7 nitrogen and oxygen atoms in total. The quantitative estimate of drug-likeness (QED) is 0.633. The fourth-order valence-electron chi connectivity index (χ4n) is 2.14. The number of nitrogens with zero attached hydrogens (tertiary/aromatic N) is 1. The normalized spacial score (nSPS) is 17.0. The lowest BCUT2D eigenvalue weighted by Gasteiger charge is -2.11. The Morgan fingerprint density at radius 1 is 1.39 bits per heavy atom. The molecule has 10 heteroatoms. The zero-order valence-electron chi connectivity index (χ0n) is 12.5. The second-order valence-electron chi connectivity index (χ2n) is 4.93. The van der Waals surface area contributed by atoms with Crippen molar-refractivity contribution in [2.24, 2.45) is 0 Å². The van der Waals surface area contributed by atoms with Crippen molar-refractivity contribution in [3.8, 4) is 0 Å². The molecular weight excluding hydrogens is 363 g/mol. The predicted molar refractivity (Wildman–Crippen MR) is 92.6 cm³/mol. The van der Waals surface area contributed by atoms with E-state index in [0.717, 1.165) is 19.4 Å². The molecule has 0 aromatic carbocycles. The first-order valence-electron chi connectivity index (χ1n) is 6.98. The van der Waals surface area contributed by atoms with Crippen LogP contribution in [0, 0.1) is 0 Å². The highest BCUT2D eigenvalue weighted by Gasteiger charge is 2.16. The molecule has 23 heavy (non-hydrogen) atoms. The van der Waals surface area contributed by atoms with Crippen LogP contribution < -0.4 is 15.4 Å². The van der Waals surface area contributed by atoms with E-state index in [4.69, 9.17) is 0 Å². The molecular formula is C13H22Cl2N4O3S. The second kappa shape index (κ2) is 10.8. The number of amides is 1. The highest BCUT2D eigenvalue weighted by atomic mass is 35.5. The molecule has 0 spiro atoms. The van der Waals surface area contributed by atoms with Crippen LogP contribution in [0.2, 0.25) is 0 Å². The van der Waals surface area contributed by atoms with Crippen molar-refractivity contribution in [2.75, 3.05) is 19.6 Å². The van der Waals surface area contributed by atoms with E-state index in [9.17, 15) is 13.2 Å². The Hall–Kier alpha value is -0.930. The highest BCUT2D eigenvalue weighted by molar-refractivity contribution is 7.89. The molecule has 0 radical (unpaired) electrons. The van der Waals surface area contributed by atoms with E-state index in [1.54, 1.807) is 6.07 Å². The lowest BCUT2D eigenvalue weighted by atomic mass is 10.2. The van der Waals surface area contributed by atoms with Crippen molar-refractivity contribution < 1.29 is 13.2 Å². The first-order chi connectivity index (χ1) is 10.1. The maximum Gasteiger partial charge on any atom is 0.242 e. The van der Waals surface area contributed by atoms with Gasteiger partial charge in [-0.3, -0.25) is 9.78 Å². The van der Waals surface area contributed by atoms with E-state index in [0.29, 0.717) is 12.6 Å². The Morgan fingerprint density at radius 3 is 2.78 bits per heavy atom. The van der Waals surface area contributed by atoms with Crippen LogP contribution in [0.15, 0.2) is 29.4 Å². The summed E-state index contributed by atoms with van der Waals surface area (Å²) in [6, 6.07) is 3.35. The SMILES string of the molecule is Cl.Cl.O=C(CCNS(=O)(=O)c1cccnc1)NCC1CCCN1. The van der Waals surface area contributed by atoms with Gasteiger partial charge < -0.3 is 10.6 Å². The lowest BCUT2D eigenvalue weighted by molar-refractivity contribution is -0.121. The van der Waals surface area contributed by atoms with Crippen molar-refractivity contribution in [3.05, 3.63) is 24.5 Å². The van der Waals surface area contributed by atoms with Gasteiger partial charge in [0.1, 0.15) is 4.90 Å². The number of rotatable bonds is 7. The lowest BCUT2D eigenvalue weighted by Crippen LogP contribution is -2.38. The number of carbonyl (C=O) groups excluding carboxylic acids is 1. The summed E-state index contributed by atoms with van der Waals surface area (Å²) < 4.78 is 26.2. The number of hydrogen-bond acceptors (Lipinski definition) is 5. The van der Waals surface area contributed by atoms with Crippen LogP contribution in [0.3, 0.4) is 0 Å². The van der Waals surface area contributed by atoms with Crippen molar-refractivity contribution in [2.45, 2.75) is 30.2 Å². The maximum atomic E-state index is 11.9. The molecule has 1 atom stereocenters. The number of hydrogen-bond donors (Lipinski definition) is 3. The third-order valence-corrected chi connectivity index (χ3v) is 4.74. The molecule has 1 aromatic rings. The minimum atomic E-state index is -3.59. The van der Waals surface area contributed by atoms with Crippen LogP contribution in [0.1, 0.15) is 19.3 Å². The summed E-state index contributed by atoms with van der Waals surface area (Å²) in [6.45, 7) is 1.65. The minimum Gasteiger partial charge on any atom is -0.354 e. The first kappa shape index (κ1) is 22.1. The largest absolute Gasteiger partial charge is 0.354 e. The zero-order valence-corrected chi connectivity index (χ0v) is 15.0. The van der Waals surface area contributed by atoms with E-state index < -0.39 is 10.0 Å². The van der Waals surface area contributed by atoms with Gasteiger partial charge >= 0.3 is 0 Å². The van der Waals surface area contributed by atoms with E-state index in [-0.39, 0.29) is 48.6 Å². The minimum absolute atomic E-state index is 0. The van der Waals surface area contributed by atoms with Crippen LogP contribution in [-0.2, 0) is 14.8 Å². The molecule has 1 aliphatic rings. The molecule has 0 bridgehead atoms. The van der Waals surface area contributed by atoms with Crippen LogP contribution in [0.4, 0.5) is 0 Å². The van der Waals surface area contributed by atoms with Gasteiger partial charge in [0.2, 0.25) is 15.9 Å². The summed E-state index contributed by atoms with van der Waals surface area (Å²) in [6.07, 6.45) is 5.09. The van der Waals surface area contributed by atoms with Gasteiger partial charge in [-0.2, -0.15) is 0 Å². The number of pyridine rings is 1. The van der Waals surface area contributed by atoms with E-state index >= 15 is 0 Å².